The molecule has 20 heavy (non-hydrogen) atoms. The molecule has 0 amide bonds. The number of hydrogen-bond acceptors (Lipinski definition) is 3. The fourth-order valence-corrected chi connectivity index (χ4v) is 1.57. The molecule has 0 atom stereocenters. The Hall–Kier alpha value is -1.77. The van der Waals surface area contributed by atoms with Crippen LogP contribution in [0.5, 0.6) is 5.75 Å². The zero-order valence-corrected chi connectivity index (χ0v) is 13.5. The maximum Gasteiger partial charge on any atom is 0.193 e. The fourth-order valence-electron chi connectivity index (χ4n) is 1.57. The Morgan fingerprint density at radius 3 is 2.75 bits per heavy atom. The van der Waals surface area contributed by atoms with E-state index in [1.54, 1.807) is 13.3 Å². The second-order valence-corrected chi connectivity index (χ2v) is 3.89. The van der Waals surface area contributed by atoms with Crippen LogP contribution in [0.4, 0.5) is 5.69 Å². The number of nitrogens with zero attached hydrogens (tertiary/aromatic N) is 3. The maximum atomic E-state index is 5.79. The predicted molar refractivity (Wildman–Crippen MR) is 90.7 cm³/mol. The monoisotopic (exact) mass is 387 g/mol. The molecular formula is C13H18IN5O. The van der Waals surface area contributed by atoms with Gasteiger partial charge in [-0.2, -0.15) is 5.10 Å². The van der Waals surface area contributed by atoms with Crippen molar-refractivity contribution in [3.63, 3.8) is 0 Å². The Morgan fingerprint density at radius 1 is 1.40 bits per heavy atom. The number of rotatable bonds is 5. The molecule has 1 aromatic carbocycles. The molecule has 7 heteroatoms. The molecule has 0 bridgehead atoms. The van der Waals surface area contributed by atoms with Gasteiger partial charge in [-0.25, -0.2) is 0 Å². The van der Waals surface area contributed by atoms with Crippen LogP contribution in [0.3, 0.4) is 0 Å². The third-order valence-corrected chi connectivity index (χ3v) is 2.53. The molecule has 0 saturated carbocycles. The van der Waals surface area contributed by atoms with Gasteiger partial charge in [-0.15, -0.1) is 24.0 Å². The molecular weight excluding hydrogens is 369 g/mol. The number of ether oxygens (including phenoxy) is 1. The summed E-state index contributed by atoms with van der Waals surface area (Å²) in [5.74, 6) is 1.19. The van der Waals surface area contributed by atoms with E-state index in [1.165, 1.54) is 0 Å². The first kappa shape index (κ1) is 16.3. The summed E-state index contributed by atoms with van der Waals surface area (Å²) in [5, 5.41) is 7.10. The molecule has 1 aromatic heterocycles. The normalized spacial score (nSPS) is 10.8. The number of nitrogens with two attached hydrogens (primary N) is 1. The Balaban J connectivity index is 0.00000200. The highest BCUT2D eigenvalue weighted by Gasteiger charge is 1.96. The number of aliphatic imine (C=N–C) groups is 1. The van der Waals surface area contributed by atoms with E-state index in [1.807, 2.05) is 41.2 Å². The van der Waals surface area contributed by atoms with Gasteiger partial charge in [0.1, 0.15) is 5.75 Å². The van der Waals surface area contributed by atoms with Crippen molar-refractivity contribution in [1.29, 1.82) is 0 Å². The Morgan fingerprint density at radius 2 is 2.15 bits per heavy atom. The van der Waals surface area contributed by atoms with E-state index in [4.69, 9.17) is 10.5 Å². The molecule has 108 valence electrons. The maximum absolute atomic E-state index is 5.79. The Kier molecular flexibility index (Phi) is 6.85. The minimum Gasteiger partial charge on any atom is -0.497 e. The van der Waals surface area contributed by atoms with Gasteiger partial charge in [-0.1, -0.05) is 0 Å². The predicted octanol–water partition coefficient (Wildman–Crippen LogP) is 1.94. The first-order valence-electron chi connectivity index (χ1n) is 5.96. The zero-order valence-electron chi connectivity index (χ0n) is 11.2. The standard InChI is InChI=1S/C13H17N5O.HI/c1-19-12-5-3-11(4-6-12)17-13(14)15-8-10-18-9-2-7-16-18;/h2-7,9H,8,10H2,1H3,(H3,14,15,17);1H. The topological polar surface area (TPSA) is 77.5 Å². The third-order valence-electron chi connectivity index (χ3n) is 2.53. The number of aromatic nitrogens is 2. The van der Waals surface area contributed by atoms with Crippen molar-refractivity contribution in [3.8, 4) is 5.75 Å². The van der Waals surface area contributed by atoms with E-state index in [9.17, 15) is 0 Å². The lowest BCUT2D eigenvalue weighted by molar-refractivity contribution is 0.415. The van der Waals surface area contributed by atoms with Crippen LogP contribution < -0.4 is 15.8 Å². The highest BCUT2D eigenvalue weighted by Crippen LogP contribution is 2.14. The average Bonchev–Trinajstić information content (AvgIpc) is 2.93. The van der Waals surface area contributed by atoms with Crippen LogP contribution in [0.25, 0.3) is 0 Å². The summed E-state index contributed by atoms with van der Waals surface area (Å²) in [6, 6.07) is 9.37. The molecule has 0 aliphatic heterocycles. The van der Waals surface area contributed by atoms with Crippen LogP contribution in [0.2, 0.25) is 0 Å². The van der Waals surface area contributed by atoms with Gasteiger partial charge >= 0.3 is 0 Å². The van der Waals surface area contributed by atoms with Crippen LogP contribution in [-0.2, 0) is 6.54 Å². The minimum absolute atomic E-state index is 0. The number of guanidine groups is 1. The van der Waals surface area contributed by atoms with Crippen molar-refractivity contribution < 1.29 is 4.74 Å². The van der Waals surface area contributed by atoms with Crippen molar-refractivity contribution in [1.82, 2.24) is 9.78 Å². The average molecular weight is 387 g/mol. The van der Waals surface area contributed by atoms with E-state index < -0.39 is 0 Å². The van der Waals surface area contributed by atoms with Crippen molar-refractivity contribution in [3.05, 3.63) is 42.7 Å². The molecule has 6 nitrogen and oxygen atoms in total. The van der Waals surface area contributed by atoms with Gasteiger partial charge < -0.3 is 15.8 Å². The Labute approximate surface area is 135 Å². The largest absolute Gasteiger partial charge is 0.497 e. The van der Waals surface area contributed by atoms with Crippen LogP contribution in [-0.4, -0.2) is 29.4 Å². The van der Waals surface area contributed by atoms with E-state index in [-0.39, 0.29) is 24.0 Å². The zero-order chi connectivity index (χ0) is 13.5. The minimum atomic E-state index is 0. The lowest BCUT2D eigenvalue weighted by Crippen LogP contribution is -2.23. The lowest BCUT2D eigenvalue weighted by atomic mass is 10.3. The summed E-state index contributed by atoms with van der Waals surface area (Å²) in [5.41, 5.74) is 6.67. The molecule has 2 rings (SSSR count). The number of nitrogens with one attached hydrogen (secondary N) is 1. The van der Waals surface area contributed by atoms with E-state index in [0.717, 1.165) is 11.4 Å². The van der Waals surface area contributed by atoms with Gasteiger partial charge in [0, 0.05) is 18.1 Å². The number of hydrogen-bond donors (Lipinski definition) is 2. The molecule has 3 N–H and O–H groups in total. The van der Waals surface area contributed by atoms with Crippen molar-refractivity contribution in [2.45, 2.75) is 6.54 Å². The SMILES string of the molecule is COc1ccc(NC(N)=NCCn2cccn2)cc1.I. The highest BCUT2D eigenvalue weighted by molar-refractivity contribution is 14.0. The van der Waals surface area contributed by atoms with Crippen molar-refractivity contribution in [2.75, 3.05) is 19.0 Å². The van der Waals surface area contributed by atoms with Crippen molar-refractivity contribution >= 4 is 35.6 Å². The van der Waals surface area contributed by atoms with Gasteiger partial charge in [0.05, 0.1) is 20.2 Å². The van der Waals surface area contributed by atoms with Crippen molar-refractivity contribution in [2.24, 2.45) is 10.7 Å². The highest BCUT2D eigenvalue weighted by atomic mass is 127. The second-order valence-electron chi connectivity index (χ2n) is 3.89. The molecule has 0 unspecified atom stereocenters. The summed E-state index contributed by atoms with van der Waals surface area (Å²) in [7, 11) is 1.63. The van der Waals surface area contributed by atoms with Crippen LogP contribution in [0.15, 0.2) is 47.7 Å². The number of benzene rings is 1. The molecule has 0 fully saturated rings. The summed E-state index contributed by atoms with van der Waals surface area (Å²) in [6.07, 6.45) is 3.63. The molecule has 2 aromatic rings. The van der Waals surface area contributed by atoms with Gasteiger partial charge in [0.25, 0.3) is 0 Å². The van der Waals surface area contributed by atoms with Crippen LogP contribution in [0.1, 0.15) is 0 Å². The molecule has 0 radical (unpaired) electrons. The third kappa shape index (κ3) is 5.08. The summed E-state index contributed by atoms with van der Waals surface area (Å²) in [4.78, 5) is 4.23. The summed E-state index contributed by atoms with van der Waals surface area (Å²) >= 11 is 0. The van der Waals surface area contributed by atoms with E-state index in [2.05, 4.69) is 15.4 Å². The molecule has 0 aliphatic rings. The molecule has 0 spiro atoms. The molecule has 0 aliphatic carbocycles. The van der Waals surface area contributed by atoms with Gasteiger partial charge in [0.2, 0.25) is 0 Å². The van der Waals surface area contributed by atoms with Gasteiger partial charge in [-0.3, -0.25) is 9.67 Å². The number of halogens is 1. The quantitative estimate of drug-likeness (QED) is 0.467. The lowest BCUT2D eigenvalue weighted by Gasteiger charge is -2.06. The van der Waals surface area contributed by atoms with Crippen LogP contribution >= 0.6 is 24.0 Å². The summed E-state index contributed by atoms with van der Waals surface area (Å²) in [6.45, 7) is 1.29. The smallest absolute Gasteiger partial charge is 0.193 e. The summed E-state index contributed by atoms with van der Waals surface area (Å²) < 4.78 is 6.89. The van der Waals surface area contributed by atoms with Gasteiger partial charge in [0.15, 0.2) is 5.96 Å². The first-order chi connectivity index (χ1) is 9.28. The van der Waals surface area contributed by atoms with E-state index >= 15 is 0 Å². The Bertz CT molecular complexity index is 524. The first-order valence-corrected chi connectivity index (χ1v) is 5.96. The molecule has 0 saturated heterocycles. The number of methoxy groups -OCH3 is 1. The molecule has 1 heterocycles. The number of anilines is 1. The second kappa shape index (κ2) is 8.41. The van der Waals surface area contributed by atoms with Crippen LogP contribution in [0, 0.1) is 0 Å². The fraction of sp³-hybridized carbons (Fsp3) is 0.231. The van der Waals surface area contributed by atoms with E-state index in [0.29, 0.717) is 19.0 Å². The van der Waals surface area contributed by atoms with Gasteiger partial charge in [-0.05, 0) is 30.3 Å².